The van der Waals surface area contributed by atoms with Crippen molar-refractivity contribution in [2.24, 2.45) is 0 Å². The van der Waals surface area contributed by atoms with Crippen LogP contribution in [0.15, 0.2) is 54.7 Å². The lowest BCUT2D eigenvalue weighted by Gasteiger charge is -2.06. The largest absolute Gasteiger partial charge is 0.493 e. The van der Waals surface area contributed by atoms with E-state index in [2.05, 4.69) is 10.4 Å². The van der Waals surface area contributed by atoms with Crippen LogP contribution >= 0.6 is 11.6 Å². The van der Waals surface area contributed by atoms with Gasteiger partial charge in [-0.2, -0.15) is 5.10 Å². The molecule has 0 aliphatic heterocycles. The predicted molar refractivity (Wildman–Crippen MR) is 89.5 cm³/mol. The summed E-state index contributed by atoms with van der Waals surface area (Å²) in [6, 6.07) is 13.3. The van der Waals surface area contributed by atoms with Gasteiger partial charge in [0.05, 0.1) is 24.7 Å². The lowest BCUT2D eigenvalue weighted by atomic mass is 10.3. The van der Waals surface area contributed by atoms with Crippen molar-refractivity contribution in [1.29, 1.82) is 0 Å². The van der Waals surface area contributed by atoms with E-state index < -0.39 is 11.7 Å². The van der Waals surface area contributed by atoms with Crippen LogP contribution in [0.1, 0.15) is 10.5 Å². The van der Waals surface area contributed by atoms with Gasteiger partial charge in [0.25, 0.3) is 5.91 Å². The fraction of sp³-hybridized carbons (Fsp3) is 0.0588. The SMILES string of the molecule is COc1cn(-c2ccccc2)nc1C(=O)Nc1ccc(Cl)cc1F. The first-order valence-corrected chi connectivity index (χ1v) is 7.42. The normalized spacial score (nSPS) is 10.5. The second kappa shape index (κ2) is 6.72. The minimum absolute atomic E-state index is 0.0146. The summed E-state index contributed by atoms with van der Waals surface area (Å²) in [4.78, 5) is 12.4. The van der Waals surface area contributed by atoms with E-state index in [1.807, 2.05) is 30.3 Å². The topological polar surface area (TPSA) is 56.2 Å². The highest BCUT2D eigenvalue weighted by Crippen LogP contribution is 2.23. The monoisotopic (exact) mass is 345 g/mol. The van der Waals surface area contributed by atoms with Crippen molar-refractivity contribution in [3.05, 3.63) is 71.3 Å². The molecule has 0 saturated heterocycles. The average Bonchev–Trinajstić information content (AvgIpc) is 3.02. The van der Waals surface area contributed by atoms with Gasteiger partial charge in [-0.1, -0.05) is 29.8 Å². The van der Waals surface area contributed by atoms with E-state index >= 15 is 0 Å². The molecule has 0 saturated carbocycles. The fourth-order valence-corrected chi connectivity index (χ4v) is 2.31. The maximum absolute atomic E-state index is 13.8. The number of para-hydroxylation sites is 1. The Morgan fingerprint density at radius 1 is 1.25 bits per heavy atom. The number of nitrogens with one attached hydrogen (secondary N) is 1. The lowest BCUT2D eigenvalue weighted by Crippen LogP contribution is -2.15. The molecule has 7 heteroatoms. The van der Waals surface area contributed by atoms with Gasteiger partial charge in [-0.3, -0.25) is 4.79 Å². The summed E-state index contributed by atoms with van der Waals surface area (Å²) >= 11 is 5.70. The molecule has 24 heavy (non-hydrogen) atoms. The number of rotatable bonds is 4. The number of ether oxygens (including phenoxy) is 1. The minimum Gasteiger partial charge on any atom is -0.493 e. The molecule has 0 aliphatic carbocycles. The summed E-state index contributed by atoms with van der Waals surface area (Å²) in [7, 11) is 1.44. The Hall–Kier alpha value is -2.86. The molecule has 0 unspecified atom stereocenters. The number of nitrogens with zero attached hydrogens (tertiary/aromatic N) is 2. The number of benzene rings is 2. The van der Waals surface area contributed by atoms with E-state index in [1.165, 1.54) is 23.9 Å². The molecule has 0 fully saturated rings. The minimum atomic E-state index is -0.627. The van der Waals surface area contributed by atoms with Crippen molar-refractivity contribution in [2.75, 3.05) is 12.4 Å². The summed E-state index contributed by atoms with van der Waals surface area (Å²) in [6.07, 6.45) is 1.59. The average molecular weight is 346 g/mol. The van der Waals surface area contributed by atoms with Gasteiger partial charge in [-0.15, -0.1) is 0 Å². The molecule has 0 aliphatic rings. The molecule has 5 nitrogen and oxygen atoms in total. The van der Waals surface area contributed by atoms with E-state index in [9.17, 15) is 9.18 Å². The summed E-state index contributed by atoms with van der Waals surface area (Å²) in [5, 5.41) is 6.94. The number of carbonyl (C=O) groups is 1. The third kappa shape index (κ3) is 3.23. The van der Waals surface area contributed by atoms with Crippen LogP contribution in [0.5, 0.6) is 5.75 Å². The maximum Gasteiger partial charge on any atom is 0.280 e. The maximum atomic E-state index is 13.8. The van der Waals surface area contributed by atoms with E-state index in [0.717, 1.165) is 11.8 Å². The zero-order valence-corrected chi connectivity index (χ0v) is 13.4. The van der Waals surface area contributed by atoms with Gasteiger partial charge < -0.3 is 10.1 Å². The third-order valence-electron chi connectivity index (χ3n) is 3.32. The van der Waals surface area contributed by atoms with Crippen molar-refractivity contribution < 1.29 is 13.9 Å². The lowest BCUT2D eigenvalue weighted by molar-refractivity contribution is 0.101. The van der Waals surface area contributed by atoms with Crippen molar-refractivity contribution >= 4 is 23.2 Å². The van der Waals surface area contributed by atoms with Gasteiger partial charge in [0.1, 0.15) is 5.82 Å². The van der Waals surface area contributed by atoms with Crippen LogP contribution in [0, 0.1) is 5.82 Å². The van der Waals surface area contributed by atoms with Crippen molar-refractivity contribution in [3.8, 4) is 11.4 Å². The Labute approximate surface area is 142 Å². The molecule has 1 aromatic heterocycles. The molecule has 0 bridgehead atoms. The molecule has 0 atom stereocenters. The molecule has 1 N–H and O–H groups in total. The summed E-state index contributed by atoms with van der Waals surface area (Å²) in [5.41, 5.74) is 0.837. The molecule has 1 heterocycles. The van der Waals surface area contributed by atoms with Crippen LogP contribution in [-0.4, -0.2) is 22.8 Å². The number of hydrogen-bond donors (Lipinski definition) is 1. The second-order valence-corrected chi connectivity index (χ2v) is 5.34. The molecule has 1 amide bonds. The van der Waals surface area contributed by atoms with Crippen LogP contribution in [0.25, 0.3) is 5.69 Å². The van der Waals surface area contributed by atoms with Crippen LogP contribution in [0.4, 0.5) is 10.1 Å². The Bertz CT molecular complexity index is 881. The Morgan fingerprint density at radius 3 is 2.67 bits per heavy atom. The first kappa shape index (κ1) is 16.0. The predicted octanol–water partition coefficient (Wildman–Crippen LogP) is 3.93. The third-order valence-corrected chi connectivity index (χ3v) is 3.55. The summed E-state index contributed by atoms with van der Waals surface area (Å²) in [5.74, 6) is -0.925. The van der Waals surface area contributed by atoms with E-state index in [1.54, 1.807) is 6.20 Å². The van der Waals surface area contributed by atoms with Gasteiger partial charge in [0, 0.05) is 5.02 Å². The quantitative estimate of drug-likeness (QED) is 0.779. The molecule has 122 valence electrons. The van der Waals surface area contributed by atoms with Crippen molar-refractivity contribution in [2.45, 2.75) is 0 Å². The standard InChI is InChI=1S/C17H13ClFN3O2/c1-24-15-10-22(12-5-3-2-4-6-12)21-16(15)17(23)20-14-8-7-11(18)9-13(14)19/h2-10H,1H3,(H,20,23). The number of aromatic nitrogens is 2. The molecule has 3 aromatic rings. The Balaban J connectivity index is 1.90. The van der Waals surface area contributed by atoms with Crippen LogP contribution < -0.4 is 10.1 Å². The Kier molecular flexibility index (Phi) is 4.48. The number of hydrogen-bond acceptors (Lipinski definition) is 3. The van der Waals surface area contributed by atoms with Crippen LogP contribution in [-0.2, 0) is 0 Å². The molecule has 0 spiro atoms. The number of amides is 1. The molecular formula is C17H13ClFN3O2. The van der Waals surface area contributed by atoms with Crippen LogP contribution in [0.3, 0.4) is 0 Å². The zero-order valence-electron chi connectivity index (χ0n) is 12.7. The molecular weight excluding hydrogens is 333 g/mol. The number of anilines is 1. The van der Waals surface area contributed by atoms with E-state index in [-0.39, 0.29) is 22.2 Å². The molecule has 2 aromatic carbocycles. The number of carbonyl (C=O) groups excluding carboxylic acids is 1. The summed E-state index contributed by atoms with van der Waals surface area (Å²) in [6.45, 7) is 0. The van der Waals surface area contributed by atoms with Gasteiger partial charge in [0.15, 0.2) is 11.4 Å². The van der Waals surface area contributed by atoms with E-state index in [4.69, 9.17) is 16.3 Å². The highest BCUT2D eigenvalue weighted by atomic mass is 35.5. The molecule has 3 rings (SSSR count). The summed E-state index contributed by atoms with van der Waals surface area (Å²) < 4.78 is 20.5. The van der Waals surface area contributed by atoms with Gasteiger partial charge >= 0.3 is 0 Å². The fourth-order valence-electron chi connectivity index (χ4n) is 2.15. The second-order valence-electron chi connectivity index (χ2n) is 4.90. The Morgan fingerprint density at radius 2 is 2.00 bits per heavy atom. The van der Waals surface area contributed by atoms with E-state index in [0.29, 0.717) is 0 Å². The van der Waals surface area contributed by atoms with Crippen molar-refractivity contribution in [3.63, 3.8) is 0 Å². The number of halogens is 2. The first-order chi connectivity index (χ1) is 11.6. The van der Waals surface area contributed by atoms with Crippen molar-refractivity contribution in [1.82, 2.24) is 9.78 Å². The molecule has 0 radical (unpaired) electrons. The van der Waals surface area contributed by atoms with Gasteiger partial charge in [0.2, 0.25) is 0 Å². The smallest absolute Gasteiger partial charge is 0.280 e. The number of methoxy groups -OCH3 is 1. The van der Waals surface area contributed by atoms with Gasteiger partial charge in [-0.25, -0.2) is 9.07 Å². The van der Waals surface area contributed by atoms with Crippen LogP contribution in [0.2, 0.25) is 5.02 Å². The zero-order chi connectivity index (χ0) is 17.1. The highest BCUT2D eigenvalue weighted by Gasteiger charge is 2.19. The first-order valence-electron chi connectivity index (χ1n) is 7.04. The van der Waals surface area contributed by atoms with Gasteiger partial charge in [-0.05, 0) is 30.3 Å². The highest BCUT2D eigenvalue weighted by molar-refractivity contribution is 6.30.